The number of carbonyl (C=O) groups excluding carboxylic acids is 1. The second kappa shape index (κ2) is 7.23. The Hall–Kier alpha value is -3.15. The standard InChI is InChI=1S/C21H24N4O2/c1-13-9-19(20(26)22-16(13)4)21(27)24(5)12-17-7-6-8-18(11-17)25-15(3)10-14(2)23-25/h6-11H,12H2,1-5H3,(H,22,26). The Labute approximate surface area is 158 Å². The Balaban J connectivity index is 1.84. The van der Waals surface area contributed by atoms with Crippen LogP contribution in [0.15, 0.2) is 41.2 Å². The van der Waals surface area contributed by atoms with Gasteiger partial charge in [0.2, 0.25) is 0 Å². The highest BCUT2D eigenvalue weighted by molar-refractivity contribution is 5.93. The topological polar surface area (TPSA) is 71.0 Å². The molecule has 140 valence electrons. The molecule has 0 aliphatic heterocycles. The van der Waals surface area contributed by atoms with E-state index in [9.17, 15) is 9.59 Å². The van der Waals surface area contributed by atoms with Gasteiger partial charge in [-0.3, -0.25) is 9.59 Å². The second-order valence-corrected chi connectivity index (χ2v) is 6.99. The lowest BCUT2D eigenvalue weighted by molar-refractivity contribution is 0.0783. The molecule has 27 heavy (non-hydrogen) atoms. The fourth-order valence-corrected chi connectivity index (χ4v) is 3.11. The first kappa shape index (κ1) is 18.6. The number of hydrogen-bond acceptors (Lipinski definition) is 3. The summed E-state index contributed by atoms with van der Waals surface area (Å²) >= 11 is 0. The predicted octanol–water partition coefficient (Wildman–Crippen LogP) is 3.07. The van der Waals surface area contributed by atoms with E-state index in [0.717, 1.165) is 33.9 Å². The molecule has 1 N–H and O–H groups in total. The number of aromatic nitrogens is 3. The third-order valence-corrected chi connectivity index (χ3v) is 4.66. The van der Waals surface area contributed by atoms with E-state index in [-0.39, 0.29) is 17.0 Å². The van der Waals surface area contributed by atoms with Crippen molar-refractivity contribution in [1.82, 2.24) is 19.7 Å². The third kappa shape index (κ3) is 3.84. The van der Waals surface area contributed by atoms with Crippen molar-refractivity contribution in [2.24, 2.45) is 0 Å². The number of nitrogens with one attached hydrogen (secondary N) is 1. The molecule has 0 atom stereocenters. The zero-order valence-corrected chi connectivity index (χ0v) is 16.3. The summed E-state index contributed by atoms with van der Waals surface area (Å²) < 4.78 is 1.88. The van der Waals surface area contributed by atoms with Crippen LogP contribution in [0.25, 0.3) is 5.69 Å². The number of benzene rings is 1. The minimum Gasteiger partial charge on any atom is -0.337 e. The summed E-state index contributed by atoms with van der Waals surface area (Å²) in [7, 11) is 1.70. The van der Waals surface area contributed by atoms with E-state index in [4.69, 9.17) is 0 Å². The van der Waals surface area contributed by atoms with E-state index in [2.05, 4.69) is 10.1 Å². The van der Waals surface area contributed by atoms with Gasteiger partial charge < -0.3 is 9.88 Å². The number of hydrogen-bond donors (Lipinski definition) is 1. The molecule has 6 heteroatoms. The number of pyridine rings is 1. The number of aryl methyl sites for hydroxylation is 4. The molecule has 1 amide bonds. The average molecular weight is 364 g/mol. The zero-order chi connectivity index (χ0) is 19.7. The Morgan fingerprint density at radius 3 is 2.56 bits per heavy atom. The molecule has 0 saturated heterocycles. The van der Waals surface area contributed by atoms with Gasteiger partial charge in [-0.15, -0.1) is 0 Å². The number of amides is 1. The molecule has 6 nitrogen and oxygen atoms in total. The van der Waals surface area contributed by atoms with E-state index < -0.39 is 0 Å². The Morgan fingerprint density at radius 1 is 1.15 bits per heavy atom. The molecule has 0 bridgehead atoms. The molecule has 2 aromatic heterocycles. The van der Waals surface area contributed by atoms with Gasteiger partial charge in [0.1, 0.15) is 5.56 Å². The fourth-order valence-electron chi connectivity index (χ4n) is 3.11. The van der Waals surface area contributed by atoms with Gasteiger partial charge in [0.05, 0.1) is 11.4 Å². The number of H-pyrrole nitrogens is 1. The SMILES string of the molecule is Cc1cc(C)n(-c2cccc(CN(C)C(=O)c3cc(C)c(C)[nH]c3=O)c2)n1. The van der Waals surface area contributed by atoms with E-state index >= 15 is 0 Å². The number of carbonyl (C=O) groups is 1. The molecule has 0 radical (unpaired) electrons. The van der Waals surface area contributed by atoms with Crippen molar-refractivity contribution in [1.29, 1.82) is 0 Å². The second-order valence-electron chi connectivity index (χ2n) is 6.99. The van der Waals surface area contributed by atoms with Crippen LogP contribution in [0.4, 0.5) is 0 Å². The Morgan fingerprint density at radius 2 is 1.89 bits per heavy atom. The Bertz CT molecular complexity index is 1060. The van der Waals surface area contributed by atoms with Crippen LogP contribution in [0.2, 0.25) is 0 Å². The maximum atomic E-state index is 12.7. The van der Waals surface area contributed by atoms with Gasteiger partial charge >= 0.3 is 0 Å². The molecule has 0 aliphatic carbocycles. The van der Waals surface area contributed by atoms with Crippen molar-refractivity contribution in [3.63, 3.8) is 0 Å². The van der Waals surface area contributed by atoms with Crippen LogP contribution in [0.5, 0.6) is 0 Å². The van der Waals surface area contributed by atoms with Crippen LogP contribution < -0.4 is 5.56 Å². The molecule has 3 aromatic rings. The molecule has 0 fully saturated rings. The number of rotatable bonds is 4. The predicted molar refractivity (Wildman–Crippen MR) is 105 cm³/mol. The molecular formula is C21H24N4O2. The van der Waals surface area contributed by atoms with Crippen LogP contribution in [-0.4, -0.2) is 32.6 Å². The summed E-state index contributed by atoms with van der Waals surface area (Å²) in [5.41, 5.74) is 5.39. The van der Waals surface area contributed by atoms with Crippen molar-refractivity contribution >= 4 is 5.91 Å². The first-order valence-electron chi connectivity index (χ1n) is 8.85. The first-order chi connectivity index (χ1) is 12.8. The van der Waals surface area contributed by atoms with E-state index in [0.29, 0.717) is 6.54 Å². The van der Waals surface area contributed by atoms with Gasteiger partial charge in [0.15, 0.2) is 0 Å². The van der Waals surface area contributed by atoms with Crippen LogP contribution in [0.3, 0.4) is 0 Å². The Kier molecular flexibility index (Phi) is 4.99. The van der Waals surface area contributed by atoms with Gasteiger partial charge in [-0.25, -0.2) is 4.68 Å². The maximum absolute atomic E-state index is 12.7. The number of nitrogens with zero attached hydrogens (tertiary/aromatic N) is 3. The summed E-state index contributed by atoms with van der Waals surface area (Å²) in [5.74, 6) is -0.295. The average Bonchev–Trinajstić information content (AvgIpc) is 2.96. The minimum atomic E-state index is -0.355. The minimum absolute atomic E-state index is 0.162. The van der Waals surface area contributed by atoms with Crippen molar-refractivity contribution in [2.45, 2.75) is 34.2 Å². The van der Waals surface area contributed by atoms with E-state index in [1.807, 2.05) is 62.7 Å². The van der Waals surface area contributed by atoms with E-state index in [1.54, 1.807) is 18.0 Å². The summed E-state index contributed by atoms with van der Waals surface area (Å²) in [6.07, 6.45) is 0. The van der Waals surface area contributed by atoms with Crippen molar-refractivity contribution in [2.75, 3.05) is 7.05 Å². The normalized spacial score (nSPS) is 10.9. The van der Waals surface area contributed by atoms with Gasteiger partial charge in [-0.05, 0) is 63.1 Å². The van der Waals surface area contributed by atoms with Gasteiger partial charge in [-0.1, -0.05) is 12.1 Å². The fraction of sp³-hybridized carbons (Fsp3) is 0.286. The lowest BCUT2D eigenvalue weighted by Gasteiger charge is -2.18. The van der Waals surface area contributed by atoms with Gasteiger partial charge in [0.25, 0.3) is 11.5 Å². The molecular weight excluding hydrogens is 340 g/mol. The molecule has 3 rings (SSSR count). The van der Waals surface area contributed by atoms with Gasteiger partial charge in [0, 0.05) is 25.0 Å². The lowest BCUT2D eigenvalue weighted by Crippen LogP contribution is -2.31. The van der Waals surface area contributed by atoms with Gasteiger partial charge in [-0.2, -0.15) is 5.10 Å². The van der Waals surface area contributed by atoms with E-state index in [1.165, 1.54) is 0 Å². The number of aromatic amines is 1. The van der Waals surface area contributed by atoms with Crippen LogP contribution in [-0.2, 0) is 6.54 Å². The highest BCUT2D eigenvalue weighted by atomic mass is 16.2. The molecule has 2 heterocycles. The molecule has 0 unspecified atom stereocenters. The maximum Gasteiger partial charge on any atom is 0.261 e. The highest BCUT2D eigenvalue weighted by Crippen LogP contribution is 2.15. The van der Waals surface area contributed by atoms with Crippen LogP contribution in [0.1, 0.15) is 38.6 Å². The molecule has 0 saturated carbocycles. The lowest BCUT2D eigenvalue weighted by atomic mass is 10.1. The zero-order valence-electron chi connectivity index (χ0n) is 16.3. The van der Waals surface area contributed by atoms with Crippen molar-refractivity contribution in [3.8, 4) is 5.69 Å². The largest absolute Gasteiger partial charge is 0.337 e. The highest BCUT2D eigenvalue weighted by Gasteiger charge is 2.17. The van der Waals surface area contributed by atoms with Crippen molar-refractivity contribution in [3.05, 3.63) is 80.5 Å². The summed E-state index contributed by atoms with van der Waals surface area (Å²) in [5, 5.41) is 4.50. The quantitative estimate of drug-likeness (QED) is 0.773. The molecule has 1 aromatic carbocycles. The summed E-state index contributed by atoms with van der Waals surface area (Å²) in [4.78, 5) is 29.2. The molecule has 0 spiro atoms. The first-order valence-corrected chi connectivity index (χ1v) is 8.85. The van der Waals surface area contributed by atoms with Crippen LogP contribution in [0, 0.1) is 27.7 Å². The molecule has 0 aliphatic rings. The summed E-state index contributed by atoms with van der Waals surface area (Å²) in [6, 6.07) is 11.6. The van der Waals surface area contributed by atoms with Crippen LogP contribution >= 0.6 is 0 Å². The third-order valence-electron chi connectivity index (χ3n) is 4.66. The monoisotopic (exact) mass is 364 g/mol. The summed E-state index contributed by atoms with van der Waals surface area (Å²) in [6.45, 7) is 8.06. The van der Waals surface area contributed by atoms with Crippen molar-refractivity contribution < 1.29 is 4.79 Å². The smallest absolute Gasteiger partial charge is 0.261 e.